The van der Waals surface area contributed by atoms with Crippen LogP contribution >= 0.6 is 0 Å². The largest absolute Gasteiger partial charge is 0.497 e. The molecule has 1 N–H and O–H groups in total. The van der Waals surface area contributed by atoms with E-state index in [0.29, 0.717) is 6.61 Å². The van der Waals surface area contributed by atoms with Crippen LogP contribution in [0.15, 0.2) is 54.6 Å². The lowest BCUT2D eigenvalue weighted by Gasteiger charge is -2.16. The van der Waals surface area contributed by atoms with Gasteiger partial charge in [-0.3, -0.25) is 10.00 Å². The Labute approximate surface area is 159 Å². The maximum Gasteiger partial charge on any atom is 0.128 e. The number of methoxy groups -OCH3 is 1. The van der Waals surface area contributed by atoms with Crippen molar-refractivity contribution in [3.63, 3.8) is 0 Å². The van der Waals surface area contributed by atoms with Crippen LogP contribution in [0.25, 0.3) is 22.5 Å². The maximum atomic E-state index is 6.09. The van der Waals surface area contributed by atoms with E-state index in [-0.39, 0.29) is 0 Å². The SMILES string of the molecule is COc1ccc(-c2cc(-c3ccccc3OCCN3CCCC3)[nH]n2)cc1. The third-order valence-electron chi connectivity index (χ3n) is 5.00. The second-order valence-corrected chi connectivity index (χ2v) is 6.79. The van der Waals surface area contributed by atoms with Gasteiger partial charge >= 0.3 is 0 Å². The first-order chi connectivity index (χ1) is 13.3. The zero-order chi connectivity index (χ0) is 18.5. The molecule has 0 aliphatic carbocycles. The van der Waals surface area contributed by atoms with Gasteiger partial charge in [0.05, 0.1) is 18.5 Å². The molecular weight excluding hydrogens is 338 g/mol. The fourth-order valence-electron chi connectivity index (χ4n) is 3.48. The van der Waals surface area contributed by atoms with Crippen LogP contribution < -0.4 is 9.47 Å². The summed E-state index contributed by atoms with van der Waals surface area (Å²) in [4.78, 5) is 2.46. The van der Waals surface area contributed by atoms with E-state index in [4.69, 9.17) is 9.47 Å². The van der Waals surface area contributed by atoms with E-state index < -0.39 is 0 Å². The topological polar surface area (TPSA) is 50.4 Å². The Balaban J connectivity index is 1.48. The van der Waals surface area contributed by atoms with Crippen molar-refractivity contribution >= 4 is 0 Å². The number of benzene rings is 2. The average molecular weight is 363 g/mol. The standard InChI is InChI=1S/C22H25N3O2/c1-26-18-10-8-17(9-11-18)20-16-21(24-23-20)19-6-2-3-7-22(19)27-15-14-25-12-4-5-13-25/h2-3,6-11,16H,4-5,12-15H2,1H3,(H,23,24). The van der Waals surface area contributed by atoms with E-state index in [1.54, 1.807) is 7.11 Å². The second-order valence-electron chi connectivity index (χ2n) is 6.79. The normalized spacial score (nSPS) is 14.4. The van der Waals surface area contributed by atoms with E-state index >= 15 is 0 Å². The van der Waals surface area contributed by atoms with Gasteiger partial charge in [-0.15, -0.1) is 0 Å². The van der Waals surface area contributed by atoms with Crippen LogP contribution in [0.5, 0.6) is 11.5 Å². The third kappa shape index (κ3) is 4.14. The quantitative estimate of drug-likeness (QED) is 0.683. The Morgan fingerprint density at radius 3 is 2.59 bits per heavy atom. The number of nitrogens with one attached hydrogen (secondary N) is 1. The molecule has 1 aliphatic rings. The van der Waals surface area contributed by atoms with Gasteiger partial charge in [-0.25, -0.2) is 0 Å². The van der Waals surface area contributed by atoms with Crippen molar-refractivity contribution in [2.24, 2.45) is 0 Å². The number of para-hydroxylation sites is 1. The van der Waals surface area contributed by atoms with Gasteiger partial charge < -0.3 is 9.47 Å². The Morgan fingerprint density at radius 2 is 1.81 bits per heavy atom. The van der Waals surface area contributed by atoms with Crippen molar-refractivity contribution in [3.05, 3.63) is 54.6 Å². The van der Waals surface area contributed by atoms with Gasteiger partial charge in [0, 0.05) is 17.7 Å². The molecule has 140 valence electrons. The zero-order valence-electron chi connectivity index (χ0n) is 15.6. The number of nitrogens with zero attached hydrogens (tertiary/aromatic N) is 2. The molecule has 1 saturated heterocycles. The molecule has 0 atom stereocenters. The number of ether oxygens (including phenoxy) is 2. The molecule has 2 aromatic carbocycles. The fraction of sp³-hybridized carbons (Fsp3) is 0.318. The van der Waals surface area contributed by atoms with Crippen molar-refractivity contribution in [3.8, 4) is 34.0 Å². The molecule has 5 heteroatoms. The first-order valence-corrected chi connectivity index (χ1v) is 9.48. The minimum Gasteiger partial charge on any atom is -0.497 e. The van der Waals surface area contributed by atoms with Gasteiger partial charge in [0.1, 0.15) is 18.1 Å². The molecule has 27 heavy (non-hydrogen) atoms. The number of hydrogen-bond donors (Lipinski definition) is 1. The van der Waals surface area contributed by atoms with Crippen LogP contribution in [0, 0.1) is 0 Å². The van der Waals surface area contributed by atoms with E-state index in [1.807, 2.05) is 42.5 Å². The van der Waals surface area contributed by atoms with Gasteiger partial charge in [0.15, 0.2) is 0 Å². The lowest BCUT2D eigenvalue weighted by atomic mass is 10.1. The maximum absolute atomic E-state index is 6.09. The van der Waals surface area contributed by atoms with Crippen molar-refractivity contribution in [1.82, 2.24) is 15.1 Å². The number of hydrogen-bond acceptors (Lipinski definition) is 4. The van der Waals surface area contributed by atoms with Gasteiger partial charge in [0.25, 0.3) is 0 Å². The molecule has 0 spiro atoms. The minimum atomic E-state index is 0.705. The molecule has 0 saturated carbocycles. The number of rotatable bonds is 7. The highest BCUT2D eigenvalue weighted by molar-refractivity contribution is 5.72. The van der Waals surface area contributed by atoms with Crippen LogP contribution in [-0.4, -0.2) is 48.4 Å². The second kappa shape index (κ2) is 8.27. The number of H-pyrrole nitrogens is 1. The Morgan fingerprint density at radius 1 is 1.04 bits per heavy atom. The summed E-state index contributed by atoms with van der Waals surface area (Å²) >= 11 is 0. The predicted octanol–water partition coefficient (Wildman–Crippen LogP) is 4.23. The molecule has 0 bridgehead atoms. The predicted molar refractivity (Wildman–Crippen MR) is 107 cm³/mol. The van der Waals surface area contributed by atoms with Crippen molar-refractivity contribution in [1.29, 1.82) is 0 Å². The summed E-state index contributed by atoms with van der Waals surface area (Å²) in [5.74, 6) is 1.73. The van der Waals surface area contributed by atoms with E-state index in [1.165, 1.54) is 25.9 Å². The van der Waals surface area contributed by atoms with Crippen LogP contribution in [0.2, 0.25) is 0 Å². The molecule has 0 radical (unpaired) electrons. The monoisotopic (exact) mass is 363 g/mol. The molecule has 0 amide bonds. The molecule has 2 heterocycles. The number of aromatic amines is 1. The van der Waals surface area contributed by atoms with Gasteiger partial charge in [0.2, 0.25) is 0 Å². The molecule has 4 rings (SSSR count). The summed E-state index contributed by atoms with van der Waals surface area (Å²) in [5.41, 5.74) is 3.94. The number of likely N-dealkylation sites (tertiary alicyclic amines) is 1. The lowest BCUT2D eigenvalue weighted by Crippen LogP contribution is -2.25. The minimum absolute atomic E-state index is 0.705. The van der Waals surface area contributed by atoms with E-state index in [9.17, 15) is 0 Å². The molecule has 5 nitrogen and oxygen atoms in total. The van der Waals surface area contributed by atoms with Crippen molar-refractivity contribution < 1.29 is 9.47 Å². The summed E-state index contributed by atoms with van der Waals surface area (Å²) in [7, 11) is 1.67. The highest BCUT2D eigenvalue weighted by Gasteiger charge is 2.13. The summed E-state index contributed by atoms with van der Waals surface area (Å²) < 4.78 is 11.3. The summed E-state index contributed by atoms with van der Waals surface area (Å²) in [6, 6.07) is 18.1. The van der Waals surface area contributed by atoms with Crippen LogP contribution in [0.4, 0.5) is 0 Å². The molecule has 3 aromatic rings. The molecule has 1 fully saturated rings. The van der Waals surface area contributed by atoms with Gasteiger partial charge in [-0.1, -0.05) is 12.1 Å². The Bertz CT molecular complexity index is 867. The molecule has 1 aromatic heterocycles. The first kappa shape index (κ1) is 17.6. The lowest BCUT2D eigenvalue weighted by molar-refractivity contribution is 0.238. The summed E-state index contributed by atoms with van der Waals surface area (Å²) in [6.07, 6.45) is 2.61. The smallest absolute Gasteiger partial charge is 0.128 e. The number of aromatic nitrogens is 2. The van der Waals surface area contributed by atoms with E-state index in [0.717, 1.165) is 40.6 Å². The third-order valence-corrected chi connectivity index (χ3v) is 5.00. The highest BCUT2D eigenvalue weighted by atomic mass is 16.5. The van der Waals surface area contributed by atoms with Crippen LogP contribution in [0.1, 0.15) is 12.8 Å². The van der Waals surface area contributed by atoms with Crippen LogP contribution in [0.3, 0.4) is 0 Å². The fourth-order valence-corrected chi connectivity index (χ4v) is 3.48. The van der Waals surface area contributed by atoms with Crippen LogP contribution in [-0.2, 0) is 0 Å². The molecule has 1 aliphatic heterocycles. The molecule has 0 unspecified atom stereocenters. The van der Waals surface area contributed by atoms with Gasteiger partial charge in [-0.05, 0) is 68.4 Å². The van der Waals surface area contributed by atoms with Crippen molar-refractivity contribution in [2.45, 2.75) is 12.8 Å². The van der Waals surface area contributed by atoms with Gasteiger partial charge in [-0.2, -0.15) is 5.10 Å². The zero-order valence-corrected chi connectivity index (χ0v) is 15.6. The average Bonchev–Trinajstić information content (AvgIpc) is 3.41. The summed E-state index contributed by atoms with van der Waals surface area (Å²) in [6.45, 7) is 4.07. The Kier molecular flexibility index (Phi) is 5.39. The molecular formula is C22H25N3O2. The first-order valence-electron chi connectivity index (χ1n) is 9.48. The summed E-state index contributed by atoms with van der Waals surface area (Å²) in [5, 5.41) is 7.62. The Hall–Kier alpha value is -2.79. The van der Waals surface area contributed by atoms with E-state index in [2.05, 4.69) is 27.2 Å². The highest BCUT2D eigenvalue weighted by Crippen LogP contribution is 2.31. The van der Waals surface area contributed by atoms with Crippen molar-refractivity contribution in [2.75, 3.05) is 33.4 Å².